The van der Waals surface area contributed by atoms with Crippen LogP contribution in [0.2, 0.25) is 0 Å². The minimum Gasteiger partial charge on any atom is -0.340 e. The summed E-state index contributed by atoms with van der Waals surface area (Å²) >= 11 is 3.46. The normalized spacial score (nSPS) is 23.0. The van der Waals surface area contributed by atoms with E-state index in [0.29, 0.717) is 6.04 Å². The average Bonchev–Trinajstić information content (AvgIpc) is 2.20. The van der Waals surface area contributed by atoms with Crippen LogP contribution in [0.5, 0.6) is 0 Å². The van der Waals surface area contributed by atoms with Crippen molar-refractivity contribution in [3.8, 4) is 0 Å². The number of hydrogen-bond acceptors (Lipinski definition) is 0. The van der Waals surface area contributed by atoms with Crippen LogP contribution in [0.4, 0.5) is 0 Å². The Morgan fingerprint density at radius 2 is 1.92 bits per heavy atom. The Bertz CT molecular complexity index is 262. The third kappa shape index (κ3) is 2.32. The highest BCUT2D eigenvalue weighted by molar-refractivity contribution is 9.10. The molecular formula is C11H15BrN+. The first-order valence-corrected chi connectivity index (χ1v) is 5.74. The Labute approximate surface area is 87.7 Å². The summed E-state index contributed by atoms with van der Waals surface area (Å²) in [6.45, 7) is 1.29. The Morgan fingerprint density at radius 1 is 1.15 bits per heavy atom. The monoisotopic (exact) mass is 240 g/mol. The quantitative estimate of drug-likeness (QED) is 0.776. The molecule has 0 spiro atoms. The molecule has 2 heteroatoms. The average molecular weight is 241 g/mol. The SMILES string of the molecule is Brc1ccc([C@@H]2CCCC[NH2+]2)cc1. The molecule has 1 fully saturated rings. The number of piperidine rings is 1. The van der Waals surface area contributed by atoms with Crippen LogP contribution in [-0.2, 0) is 0 Å². The number of hydrogen-bond donors (Lipinski definition) is 1. The van der Waals surface area contributed by atoms with E-state index in [1.165, 1.54) is 35.8 Å². The van der Waals surface area contributed by atoms with Crippen molar-refractivity contribution in [1.82, 2.24) is 0 Å². The highest BCUT2D eigenvalue weighted by Crippen LogP contribution is 2.19. The summed E-state index contributed by atoms with van der Waals surface area (Å²) in [6, 6.07) is 9.45. The second kappa shape index (κ2) is 4.25. The van der Waals surface area contributed by atoms with Crippen molar-refractivity contribution in [3.05, 3.63) is 34.3 Å². The molecule has 1 aliphatic rings. The molecule has 2 rings (SSSR count). The molecule has 0 aromatic heterocycles. The molecule has 0 amide bonds. The Hall–Kier alpha value is -0.340. The Morgan fingerprint density at radius 3 is 2.54 bits per heavy atom. The summed E-state index contributed by atoms with van der Waals surface area (Å²) in [5.41, 5.74) is 1.47. The van der Waals surface area contributed by atoms with Crippen LogP contribution in [0.3, 0.4) is 0 Å². The van der Waals surface area contributed by atoms with Gasteiger partial charge in [-0.1, -0.05) is 28.1 Å². The van der Waals surface area contributed by atoms with Crippen molar-refractivity contribution >= 4 is 15.9 Å². The van der Waals surface area contributed by atoms with Crippen molar-refractivity contribution in [2.75, 3.05) is 6.54 Å². The van der Waals surface area contributed by atoms with Crippen molar-refractivity contribution < 1.29 is 5.32 Å². The zero-order valence-corrected chi connectivity index (χ0v) is 9.26. The van der Waals surface area contributed by atoms with Gasteiger partial charge in [0.05, 0.1) is 6.54 Å². The maximum atomic E-state index is 3.46. The van der Waals surface area contributed by atoms with E-state index in [4.69, 9.17) is 0 Å². The van der Waals surface area contributed by atoms with E-state index in [1.54, 1.807) is 0 Å². The molecule has 1 atom stereocenters. The highest BCUT2D eigenvalue weighted by Gasteiger charge is 2.17. The fourth-order valence-electron chi connectivity index (χ4n) is 1.96. The predicted molar refractivity (Wildman–Crippen MR) is 57.5 cm³/mol. The van der Waals surface area contributed by atoms with Gasteiger partial charge in [-0.05, 0) is 25.0 Å². The molecule has 0 saturated carbocycles. The van der Waals surface area contributed by atoms with Gasteiger partial charge in [0.1, 0.15) is 6.04 Å². The van der Waals surface area contributed by atoms with Crippen LogP contribution in [0.15, 0.2) is 28.7 Å². The minimum atomic E-state index is 0.710. The van der Waals surface area contributed by atoms with Gasteiger partial charge < -0.3 is 5.32 Å². The fourth-order valence-corrected chi connectivity index (χ4v) is 2.22. The maximum Gasteiger partial charge on any atom is 0.112 e. The third-order valence-corrected chi connectivity index (χ3v) is 3.25. The van der Waals surface area contributed by atoms with Gasteiger partial charge in [0.15, 0.2) is 0 Å². The van der Waals surface area contributed by atoms with E-state index in [9.17, 15) is 0 Å². The lowest BCUT2D eigenvalue weighted by Crippen LogP contribution is -2.86. The molecule has 1 heterocycles. The number of nitrogens with two attached hydrogens (primary N) is 1. The van der Waals surface area contributed by atoms with Gasteiger partial charge in [0, 0.05) is 16.5 Å². The summed E-state index contributed by atoms with van der Waals surface area (Å²) in [5.74, 6) is 0. The molecule has 1 aromatic carbocycles. The van der Waals surface area contributed by atoms with Gasteiger partial charge in [0.25, 0.3) is 0 Å². The van der Waals surface area contributed by atoms with Crippen LogP contribution in [-0.4, -0.2) is 6.54 Å². The number of quaternary nitrogens is 1. The zero-order valence-electron chi connectivity index (χ0n) is 7.67. The van der Waals surface area contributed by atoms with Crippen LogP contribution in [0.25, 0.3) is 0 Å². The summed E-state index contributed by atoms with van der Waals surface area (Å²) in [6.07, 6.45) is 4.10. The van der Waals surface area contributed by atoms with Crippen LogP contribution in [0, 0.1) is 0 Å². The van der Waals surface area contributed by atoms with Crippen molar-refractivity contribution in [2.24, 2.45) is 0 Å². The van der Waals surface area contributed by atoms with E-state index in [1.807, 2.05) is 0 Å². The second-order valence-electron chi connectivity index (χ2n) is 3.68. The molecule has 13 heavy (non-hydrogen) atoms. The first-order valence-electron chi connectivity index (χ1n) is 4.95. The number of rotatable bonds is 1. The van der Waals surface area contributed by atoms with Gasteiger partial charge >= 0.3 is 0 Å². The van der Waals surface area contributed by atoms with Gasteiger partial charge in [0.2, 0.25) is 0 Å². The first-order chi connectivity index (χ1) is 6.36. The molecule has 0 bridgehead atoms. The minimum absolute atomic E-state index is 0.710. The smallest absolute Gasteiger partial charge is 0.112 e. The summed E-state index contributed by atoms with van der Waals surface area (Å²) in [7, 11) is 0. The van der Waals surface area contributed by atoms with Gasteiger partial charge in [-0.3, -0.25) is 0 Å². The molecule has 0 radical (unpaired) electrons. The summed E-state index contributed by atoms with van der Waals surface area (Å²) in [5, 5.41) is 2.47. The third-order valence-electron chi connectivity index (χ3n) is 2.72. The lowest BCUT2D eigenvalue weighted by molar-refractivity contribution is -0.704. The molecule has 1 nitrogen and oxygen atoms in total. The molecule has 1 aromatic rings. The highest BCUT2D eigenvalue weighted by atomic mass is 79.9. The molecular weight excluding hydrogens is 226 g/mol. The molecule has 2 N–H and O–H groups in total. The van der Waals surface area contributed by atoms with E-state index >= 15 is 0 Å². The van der Waals surface area contributed by atoms with Crippen molar-refractivity contribution in [1.29, 1.82) is 0 Å². The van der Waals surface area contributed by atoms with E-state index in [2.05, 4.69) is 45.5 Å². The number of halogens is 1. The van der Waals surface area contributed by atoms with Gasteiger partial charge in [-0.25, -0.2) is 0 Å². The van der Waals surface area contributed by atoms with Crippen LogP contribution >= 0.6 is 15.9 Å². The van der Waals surface area contributed by atoms with Gasteiger partial charge in [-0.2, -0.15) is 0 Å². The molecule has 1 saturated heterocycles. The lowest BCUT2D eigenvalue weighted by atomic mass is 9.98. The van der Waals surface area contributed by atoms with E-state index < -0.39 is 0 Å². The molecule has 0 aliphatic carbocycles. The molecule has 70 valence electrons. The van der Waals surface area contributed by atoms with E-state index in [-0.39, 0.29) is 0 Å². The van der Waals surface area contributed by atoms with Crippen LogP contribution < -0.4 is 5.32 Å². The summed E-state index contributed by atoms with van der Waals surface area (Å²) < 4.78 is 1.17. The summed E-state index contributed by atoms with van der Waals surface area (Å²) in [4.78, 5) is 0. The topological polar surface area (TPSA) is 16.6 Å². The van der Waals surface area contributed by atoms with Crippen LogP contribution in [0.1, 0.15) is 30.9 Å². The van der Waals surface area contributed by atoms with Gasteiger partial charge in [-0.15, -0.1) is 0 Å². The molecule has 1 aliphatic heterocycles. The lowest BCUT2D eigenvalue weighted by Gasteiger charge is -2.20. The van der Waals surface area contributed by atoms with E-state index in [0.717, 1.165) is 0 Å². The van der Waals surface area contributed by atoms with Crippen molar-refractivity contribution in [2.45, 2.75) is 25.3 Å². The predicted octanol–water partition coefficient (Wildman–Crippen LogP) is 2.24. The Balaban J connectivity index is 2.10. The largest absolute Gasteiger partial charge is 0.340 e. The van der Waals surface area contributed by atoms with Crippen molar-refractivity contribution in [3.63, 3.8) is 0 Å². The Kier molecular flexibility index (Phi) is 3.01. The number of benzene rings is 1. The molecule has 0 unspecified atom stereocenters. The first kappa shape index (κ1) is 9.22. The fraction of sp³-hybridized carbons (Fsp3) is 0.455. The standard InChI is InChI=1S/C11H14BrN/c12-10-6-4-9(5-7-10)11-3-1-2-8-13-11/h4-7,11,13H,1-3,8H2/p+1/t11-/m0/s1. The second-order valence-corrected chi connectivity index (χ2v) is 4.59. The zero-order chi connectivity index (χ0) is 9.10. The maximum absolute atomic E-state index is 3.46.